The average Bonchev–Trinajstić information content (AvgIpc) is 3.19. The van der Waals surface area contributed by atoms with Crippen molar-refractivity contribution in [3.8, 4) is 12.1 Å². The summed E-state index contributed by atoms with van der Waals surface area (Å²) in [5, 5.41) is 22.5. The average molecular weight is 987 g/mol. The van der Waals surface area contributed by atoms with Crippen LogP contribution in [0.3, 0.4) is 0 Å². The van der Waals surface area contributed by atoms with E-state index in [0.717, 1.165) is 0 Å². The molecule has 0 aliphatic rings. The van der Waals surface area contributed by atoms with E-state index in [1.807, 2.05) is 48.5 Å². The molecular formula is C41H36B2F8N2P2Pt. The first-order chi connectivity index (χ1) is 26.3. The minimum atomic E-state index is -6.00. The molecule has 15 heteroatoms. The van der Waals surface area contributed by atoms with Gasteiger partial charge in [0.25, 0.3) is 0 Å². The minimum Gasteiger partial charge on any atom is -0.418 e. The molecule has 0 atom stereocenters. The molecular weight excluding hydrogens is 951 g/mol. The van der Waals surface area contributed by atoms with E-state index in [1.54, 1.807) is 24.3 Å². The van der Waals surface area contributed by atoms with E-state index in [1.165, 1.54) is 40.0 Å². The summed E-state index contributed by atoms with van der Waals surface area (Å²) >= 11 is 0. The Morgan fingerprint density at radius 1 is 0.357 bits per heavy atom. The Kier molecular flexibility index (Phi) is 24.6. The molecule has 2 nitrogen and oxygen atoms in total. The third kappa shape index (κ3) is 24.0. The van der Waals surface area contributed by atoms with Crippen LogP contribution in [0.2, 0.25) is 0 Å². The number of nitrogens with zero attached hydrogens (tertiary/aromatic N) is 2. The van der Waals surface area contributed by atoms with Crippen molar-refractivity contribution in [3.63, 3.8) is 0 Å². The zero-order valence-corrected chi connectivity index (χ0v) is 33.8. The van der Waals surface area contributed by atoms with Crippen LogP contribution in [0, 0.1) is 22.7 Å². The van der Waals surface area contributed by atoms with Crippen LogP contribution in [0.5, 0.6) is 0 Å². The van der Waals surface area contributed by atoms with E-state index in [-0.39, 0.29) is 36.9 Å². The molecule has 0 radical (unpaired) electrons. The number of benzene rings is 6. The van der Waals surface area contributed by atoms with E-state index in [4.69, 9.17) is 10.5 Å². The van der Waals surface area contributed by atoms with Gasteiger partial charge in [0, 0.05) is 0 Å². The Morgan fingerprint density at radius 2 is 0.536 bits per heavy atom. The fraction of sp³-hybridized carbons (Fsp3) is 0.0732. The van der Waals surface area contributed by atoms with Gasteiger partial charge in [0.15, 0.2) is 0 Å². The minimum absolute atomic E-state index is 0. The van der Waals surface area contributed by atoms with Crippen molar-refractivity contribution in [2.45, 2.75) is 6.42 Å². The second-order valence-corrected chi connectivity index (χ2v) is 15.6. The molecule has 0 aliphatic carbocycles. The van der Waals surface area contributed by atoms with E-state index in [9.17, 15) is 34.5 Å². The van der Waals surface area contributed by atoms with E-state index in [0.29, 0.717) is 11.1 Å². The van der Waals surface area contributed by atoms with E-state index in [2.05, 4.69) is 121 Å². The zero-order valence-electron chi connectivity index (χ0n) is 29.7. The maximum atomic E-state index is 9.75. The SMILES string of the molecule is F[B-](F)(F)F.F[B-](F)(F)F.N#Cc1ccccc1.N#Cc1ccccc1.[Pt+2].c1ccc(P(CCCP(c2ccccc2)c2ccccc2)c2ccccc2)cc1. The van der Waals surface area contributed by atoms with Crippen molar-refractivity contribution in [1.29, 1.82) is 10.5 Å². The van der Waals surface area contributed by atoms with E-state index >= 15 is 0 Å². The van der Waals surface area contributed by atoms with Crippen LogP contribution in [0.1, 0.15) is 17.5 Å². The number of rotatable bonds is 8. The molecule has 0 fully saturated rings. The molecule has 0 N–H and O–H groups in total. The fourth-order valence-electron chi connectivity index (χ4n) is 4.66. The molecule has 0 heterocycles. The summed E-state index contributed by atoms with van der Waals surface area (Å²) in [5.74, 6) is 0. The van der Waals surface area contributed by atoms with Crippen LogP contribution >= 0.6 is 15.8 Å². The van der Waals surface area contributed by atoms with Gasteiger partial charge in [-0.3, -0.25) is 0 Å². The van der Waals surface area contributed by atoms with Crippen molar-refractivity contribution >= 4 is 51.6 Å². The summed E-state index contributed by atoms with van der Waals surface area (Å²) in [6, 6.07) is 66.6. The third-order valence-corrected chi connectivity index (χ3v) is 12.1. The summed E-state index contributed by atoms with van der Waals surface area (Å²) in [4.78, 5) is 0. The summed E-state index contributed by atoms with van der Waals surface area (Å²) in [6.45, 7) is 0. The van der Waals surface area contributed by atoms with Gasteiger partial charge < -0.3 is 34.5 Å². The van der Waals surface area contributed by atoms with Gasteiger partial charge in [0.1, 0.15) is 0 Å². The van der Waals surface area contributed by atoms with Crippen LogP contribution in [-0.2, 0) is 21.1 Å². The normalized spacial score (nSPS) is 10.1. The maximum Gasteiger partial charge on any atom is 2.00 e. The first kappa shape index (κ1) is 49.4. The van der Waals surface area contributed by atoms with Gasteiger partial charge >= 0.3 is 35.6 Å². The Morgan fingerprint density at radius 3 is 0.696 bits per heavy atom. The Labute approximate surface area is 340 Å². The predicted octanol–water partition coefficient (Wildman–Crippen LogP) is 11.4. The summed E-state index contributed by atoms with van der Waals surface area (Å²) in [6.07, 6.45) is 3.72. The van der Waals surface area contributed by atoms with Crippen molar-refractivity contribution in [2.75, 3.05) is 12.3 Å². The molecule has 292 valence electrons. The van der Waals surface area contributed by atoms with Crippen LogP contribution < -0.4 is 21.2 Å². The Hall–Kier alpha value is -4.58. The van der Waals surface area contributed by atoms with Crippen LogP contribution in [-0.4, -0.2) is 26.8 Å². The van der Waals surface area contributed by atoms with Crippen molar-refractivity contribution in [1.82, 2.24) is 0 Å². The number of halogens is 8. The molecule has 0 aromatic heterocycles. The number of nitriles is 2. The molecule has 0 spiro atoms. The number of hydrogen-bond donors (Lipinski definition) is 0. The second-order valence-electron chi connectivity index (χ2n) is 10.9. The largest absolute Gasteiger partial charge is 2.00 e. The molecule has 56 heavy (non-hydrogen) atoms. The zero-order chi connectivity index (χ0) is 40.4. The summed E-state index contributed by atoms with van der Waals surface area (Å²) in [7, 11) is -12.6. The molecule has 6 aromatic rings. The van der Waals surface area contributed by atoms with Crippen LogP contribution in [0.15, 0.2) is 182 Å². The molecule has 6 aromatic carbocycles. The van der Waals surface area contributed by atoms with Gasteiger partial charge in [-0.05, 0) is 80.1 Å². The topological polar surface area (TPSA) is 47.6 Å². The molecule has 0 amide bonds. The van der Waals surface area contributed by atoms with Gasteiger partial charge in [0.05, 0.1) is 23.3 Å². The molecule has 0 saturated carbocycles. The van der Waals surface area contributed by atoms with Crippen molar-refractivity contribution in [3.05, 3.63) is 193 Å². The summed E-state index contributed by atoms with van der Waals surface area (Å²) < 4.78 is 78.0. The molecule has 0 bridgehead atoms. The van der Waals surface area contributed by atoms with Crippen molar-refractivity contribution in [2.24, 2.45) is 0 Å². The first-order valence-electron chi connectivity index (χ1n) is 16.7. The van der Waals surface area contributed by atoms with Gasteiger partial charge in [-0.15, -0.1) is 0 Å². The quantitative estimate of drug-likeness (QED) is 0.0867. The van der Waals surface area contributed by atoms with Crippen LogP contribution in [0.25, 0.3) is 0 Å². The number of hydrogen-bond acceptors (Lipinski definition) is 2. The van der Waals surface area contributed by atoms with Crippen LogP contribution in [0.4, 0.5) is 34.5 Å². The third-order valence-electron chi connectivity index (χ3n) is 6.84. The molecule has 0 unspecified atom stereocenters. The molecule has 0 aliphatic heterocycles. The van der Waals surface area contributed by atoms with Gasteiger partial charge in [-0.2, -0.15) is 10.5 Å². The Balaban J connectivity index is 0.000000469. The summed E-state index contributed by atoms with van der Waals surface area (Å²) in [5.41, 5.74) is 1.43. The molecule has 6 rings (SSSR count). The Bertz CT molecular complexity index is 1720. The standard InChI is InChI=1S/C27H26P2.2C7H5N.2BF4.Pt/c1-5-14-24(15-6-1)28(25-16-7-2-8-17-25)22-13-23-29(26-18-9-3-10-19-26)27-20-11-4-12-21-27;2*8-6-7-4-2-1-3-5-7;2*2-1(3,4)5;/h1-12,14-21H,13,22-23H2;2*1-5H;;;/q;;;2*-1;+2. The van der Waals surface area contributed by atoms with Gasteiger partial charge in [-0.25, -0.2) is 0 Å². The monoisotopic (exact) mass is 987 g/mol. The smallest absolute Gasteiger partial charge is 0.418 e. The van der Waals surface area contributed by atoms with E-state index < -0.39 is 14.5 Å². The van der Waals surface area contributed by atoms with Gasteiger partial charge in [0.2, 0.25) is 0 Å². The predicted molar refractivity (Wildman–Crippen MR) is 215 cm³/mol. The fourth-order valence-corrected chi connectivity index (χ4v) is 9.61. The maximum absolute atomic E-state index is 9.75. The van der Waals surface area contributed by atoms with Gasteiger partial charge in [-0.1, -0.05) is 158 Å². The molecule has 0 saturated heterocycles. The van der Waals surface area contributed by atoms with Crippen molar-refractivity contribution < 1.29 is 55.6 Å². The second kappa shape index (κ2) is 27.9. The first-order valence-corrected chi connectivity index (χ1v) is 19.7.